The molecule has 0 saturated heterocycles. The van der Waals surface area contributed by atoms with E-state index in [1.807, 2.05) is 0 Å². The highest BCUT2D eigenvalue weighted by Gasteiger charge is 2.40. The monoisotopic (exact) mass is 454 g/mol. The van der Waals surface area contributed by atoms with Crippen LogP contribution in [0.2, 0.25) is 18.1 Å². The van der Waals surface area contributed by atoms with Gasteiger partial charge in [-0.25, -0.2) is 4.79 Å². The van der Waals surface area contributed by atoms with Crippen molar-refractivity contribution in [3.05, 3.63) is 11.6 Å². The summed E-state index contributed by atoms with van der Waals surface area (Å²) in [5.74, 6) is -0.729. The molecule has 6 heteroatoms. The first kappa shape index (κ1) is 27.9. The number of carbonyl (C=O) groups excluding carboxylic acids is 2. The minimum absolute atomic E-state index is 0.332. The summed E-state index contributed by atoms with van der Waals surface area (Å²) in [4.78, 5) is 23.8. The van der Waals surface area contributed by atoms with Crippen LogP contribution in [0.3, 0.4) is 0 Å². The van der Waals surface area contributed by atoms with Gasteiger partial charge < -0.3 is 13.9 Å². The maximum Gasteiger partial charge on any atom is 0.333 e. The van der Waals surface area contributed by atoms with Gasteiger partial charge in [0, 0.05) is 18.6 Å². The normalized spacial score (nSPS) is 17.4. The molecule has 2 atom stereocenters. The summed E-state index contributed by atoms with van der Waals surface area (Å²) in [6, 6.07) is 2.91. The van der Waals surface area contributed by atoms with Gasteiger partial charge in [-0.2, -0.15) is 0 Å². The number of cyclic esters (lactones) is 1. The number of rotatable bonds is 18. The Morgan fingerprint density at radius 2 is 1.45 bits per heavy atom. The lowest BCUT2D eigenvalue weighted by Crippen LogP contribution is -2.42. The third-order valence-electron chi connectivity index (χ3n) is 6.57. The van der Waals surface area contributed by atoms with Crippen molar-refractivity contribution >= 4 is 20.3 Å². The standard InChI is InChI=1S/C25H46O5Si/c1-6-10-11-12-13-14-15-16-17-18-19-23(28-21(5)26)22-20-24(27)29-25(22)30-31(7-2,8-3)9-4/h20,23,25H,6-19H2,1-5H3. The zero-order valence-electron chi connectivity index (χ0n) is 20.7. The summed E-state index contributed by atoms with van der Waals surface area (Å²) in [5, 5.41) is 0. The van der Waals surface area contributed by atoms with Gasteiger partial charge in [0.05, 0.1) is 0 Å². The van der Waals surface area contributed by atoms with Crippen molar-refractivity contribution in [2.24, 2.45) is 0 Å². The molecule has 0 aromatic rings. The van der Waals surface area contributed by atoms with Gasteiger partial charge in [0.1, 0.15) is 6.10 Å². The van der Waals surface area contributed by atoms with E-state index in [-0.39, 0.29) is 5.97 Å². The Hall–Kier alpha value is -1.14. The number of carbonyl (C=O) groups is 2. The van der Waals surface area contributed by atoms with Gasteiger partial charge in [0.2, 0.25) is 6.29 Å². The Bertz CT molecular complexity index is 548. The van der Waals surface area contributed by atoms with Crippen LogP contribution >= 0.6 is 0 Å². The minimum atomic E-state index is -1.96. The Morgan fingerprint density at radius 3 is 1.94 bits per heavy atom. The maximum atomic E-state index is 12.0. The molecule has 0 aromatic carbocycles. The summed E-state index contributed by atoms with van der Waals surface area (Å²) in [7, 11) is -1.96. The first-order chi connectivity index (χ1) is 14.9. The highest BCUT2D eigenvalue weighted by Crippen LogP contribution is 2.32. The molecule has 1 rings (SSSR count). The molecule has 0 aromatic heterocycles. The second-order valence-corrected chi connectivity index (χ2v) is 13.6. The van der Waals surface area contributed by atoms with Crippen molar-refractivity contribution in [3.8, 4) is 0 Å². The molecule has 0 fully saturated rings. The van der Waals surface area contributed by atoms with Crippen LogP contribution in [0.4, 0.5) is 0 Å². The SMILES string of the molecule is CCCCCCCCCCCCC(OC(C)=O)C1=CC(=O)OC1O[Si](CC)(CC)CC. The smallest absolute Gasteiger partial charge is 0.333 e. The number of esters is 2. The van der Waals surface area contributed by atoms with Crippen LogP contribution in [0.25, 0.3) is 0 Å². The summed E-state index contributed by atoms with van der Waals surface area (Å²) in [6.07, 6.45) is 13.6. The Labute approximate surface area is 191 Å². The van der Waals surface area contributed by atoms with E-state index in [1.165, 1.54) is 64.4 Å². The third kappa shape index (κ3) is 10.3. The Balaban J connectivity index is 2.56. The molecule has 31 heavy (non-hydrogen) atoms. The summed E-state index contributed by atoms with van der Waals surface area (Å²) in [6.45, 7) is 10.1. The Morgan fingerprint density at radius 1 is 0.935 bits per heavy atom. The van der Waals surface area contributed by atoms with Gasteiger partial charge in [-0.15, -0.1) is 0 Å². The minimum Gasteiger partial charge on any atom is -0.458 e. The van der Waals surface area contributed by atoms with E-state index in [1.54, 1.807) is 0 Å². The molecule has 5 nitrogen and oxygen atoms in total. The third-order valence-corrected chi connectivity index (χ3v) is 11.1. The number of hydrogen-bond acceptors (Lipinski definition) is 5. The van der Waals surface area contributed by atoms with Crippen LogP contribution in [0.5, 0.6) is 0 Å². The molecular weight excluding hydrogens is 408 g/mol. The maximum absolute atomic E-state index is 12.0. The molecule has 1 aliphatic rings. The van der Waals surface area contributed by atoms with E-state index < -0.39 is 26.7 Å². The van der Waals surface area contributed by atoms with E-state index in [9.17, 15) is 9.59 Å². The molecule has 180 valence electrons. The van der Waals surface area contributed by atoms with E-state index in [4.69, 9.17) is 13.9 Å². The lowest BCUT2D eigenvalue weighted by Gasteiger charge is -2.33. The quantitative estimate of drug-likeness (QED) is 0.126. The van der Waals surface area contributed by atoms with Crippen molar-refractivity contribution in [1.82, 2.24) is 0 Å². The lowest BCUT2D eigenvalue weighted by atomic mass is 10.0. The van der Waals surface area contributed by atoms with E-state index in [0.717, 1.165) is 31.0 Å². The molecule has 0 saturated carbocycles. The highest BCUT2D eigenvalue weighted by molar-refractivity contribution is 6.73. The van der Waals surface area contributed by atoms with Crippen LogP contribution < -0.4 is 0 Å². The predicted molar refractivity (Wildman–Crippen MR) is 128 cm³/mol. The zero-order chi connectivity index (χ0) is 23.1. The lowest BCUT2D eigenvalue weighted by molar-refractivity contribution is -0.152. The van der Waals surface area contributed by atoms with Crippen molar-refractivity contribution in [1.29, 1.82) is 0 Å². The number of hydrogen-bond donors (Lipinski definition) is 0. The molecule has 0 aliphatic carbocycles. The molecule has 1 heterocycles. The van der Waals surface area contributed by atoms with Crippen LogP contribution in [-0.4, -0.2) is 32.6 Å². The van der Waals surface area contributed by atoms with Crippen LogP contribution in [-0.2, 0) is 23.5 Å². The fourth-order valence-electron chi connectivity index (χ4n) is 4.29. The summed E-state index contributed by atoms with van der Waals surface area (Å²) >= 11 is 0. The largest absolute Gasteiger partial charge is 0.458 e. The Kier molecular flexibility index (Phi) is 14.1. The summed E-state index contributed by atoms with van der Waals surface area (Å²) < 4.78 is 17.5. The first-order valence-corrected chi connectivity index (χ1v) is 15.2. The van der Waals surface area contributed by atoms with Crippen molar-refractivity contribution < 1.29 is 23.5 Å². The molecule has 0 amide bonds. The second kappa shape index (κ2) is 15.6. The number of ether oxygens (including phenoxy) is 2. The molecule has 2 unspecified atom stereocenters. The average Bonchev–Trinajstić information content (AvgIpc) is 3.12. The summed E-state index contributed by atoms with van der Waals surface area (Å²) in [5.41, 5.74) is 0.684. The molecule has 0 spiro atoms. The molecule has 0 bridgehead atoms. The molecule has 0 N–H and O–H groups in total. The first-order valence-electron chi connectivity index (χ1n) is 12.7. The van der Waals surface area contributed by atoms with Crippen molar-refractivity contribution in [2.75, 3.05) is 0 Å². The topological polar surface area (TPSA) is 61.8 Å². The van der Waals surface area contributed by atoms with Crippen molar-refractivity contribution in [3.63, 3.8) is 0 Å². The van der Waals surface area contributed by atoms with Gasteiger partial charge in [0.15, 0.2) is 8.32 Å². The van der Waals surface area contributed by atoms with Gasteiger partial charge in [-0.3, -0.25) is 4.79 Å². The van der Waals surface area contributed by atoms with Gasteiger partial charge in [0.25, 0.3) is 0 Å². The van der Waals surface area contributed by atoms with E-state index >= 15 is 0 Å². The fourth-order valence-corrected chi connectivity index (χ4v) is 6.93. The van der Waals surface area contributed by atoms with Crippen LogP contribution in [0.1, 0.15) is 105 Å². The molecule has 1 aliphatic heterocycles. The van der Waals surface area contributed by atoms with E-state index in [2.05, 4.69) is 27.7 Å². The van der Waals surface area contributed by atoms with Crippen LogP contribution in [0.15, 0.2) is 11.6 Å². The second-order valence-electron chi connectivity index (χ2n) is 8.84. The predicted octanol–water partition coefficient (Wildman–Crippen LogP) is 7.06. The average molecular weight is 455 g/mol. The molecular formula is C25H46O5Si. The zero-order valence-corrected chi connectivity index (χ0v) is 21.7. The van der Waals surface area contributed by atoms with E-state index in [0.29, 0.717) is 12.0 Å². The van der Waals surface area contributed by atoms with Gasteiger partial charge in [-0.05, 0) is 31.0 Å². The fraction of sp³-hybridized carbons (Fsp3) is 0.840. The van der Waals surface area contributed by atoms with Crippen LogP contribution in [0, 0.1) is 0 Å². The van der Waals surface area contributed by atoms with Crippen molar-refractivity contribution in [2.45, 2.75) is 136 Å². The molecule has 0 radical (unpaired) electrons. The van der Waals surface area contributed by atoms with Gasteiger partial charge in [-0.1, -0.05) is 85.5 Å². The highest BCUT2D eigenvalue weighted by atomic mass is 28.4. The van der Waals surface area contributed by atoms with Gasteiger partial charge >= 0.3 is 11.9 Å². The number of unbranched alkanes of at least 4 members (excludes halogenated alkanes) is 9.